The zero-order valence-corrected chi connectivity index (χ0v) is 13.0. The van der Waals surface area contributed by atoms with Gasteiger partial charge in [-0.05, 0) is 42.0 Å². The van der Waals surface area contributed by atoms with Gasteiger partial charge in [0, 0.05) is 6.26 Å². The van der Waals surface area contributed by atoms with E-state index in [9.17, 15) is 18.1 Å². The highest BCUT2D eigenvalue weighted by atomic mass is 32.2. The standard InChI is InChI=1S/C15H14N2O5S/c1-23(21,22)14-8-6-13(7-9-14)17(16-20)12-4-2-11(3-5-12)10-15(18)19/h2-9H,10H2,1H3,(H,18,19). The lowest BCUT2D eigenvalue weighted by atomic mass is 10.1. The zero-order chi connectivity index (χ0) is 17.0. The Morgan fingerprint density at radius 2 is 1.52 bits per heavy atom. The van der Waals surface area contributed by atoms with Gasteiger partial charge in [0.1, 0.15) is 0 Å². The molecular weight excluding hydrogens is 320 g/mol. The molecule has 0 bridgehead atoms. The molecule has 0 aliphatic rings. The van der Waals surface area contributed by atoms with Crippen molar-refractivity contribution in [3.8, 4) is 0 Å². The lowest BCUT2D eigenvalue weighted by molar-refractivity contribution is -0.136. The molecule has 8 heteroatoms. The van der Waals surface area contributed by atoms with Crippen molar-refractivity contribution in [1.29, 1.82) is 0 Å². The first-order chi connectivity index (χ1) is 10.8. The van der Waals surface area contributed by atoms with E-state index in [1.165, 1.54) is 24.3 Å². The maximum atomic E-state index is 11.4. The first kappa shape index (κ1) is 16.6. The summed E-state index contributed by atoms with van der Waals surface area (Å²) in [4.78, 5) is 21.9. The molecule has 0 amide bonds. The number of carboxylic acid groups (broad SMARTS) is 1. The summed E-state index contributed by atoms with van der Waals surface area (Å²) >= 11 is 0. The van der Waals surface area contributed by atoms with Crippen LogP contribution in [0, 0.1) is 4.91 Å². The molecule has 0 radical (unpaired) electrons. The van der Waals surface area contributed by atoms with Crippen LogP contribution in [0.4, 0.5) is 11.4 Å². The lowest BCUT2D eigenvalue weighted by Crippen LogP contribution is -2.08. The number of carbonyl (C=O) groups is 1. The minimum atomic E-state index is -3.32. The molecule has 0 unspecified atom stereocenters. The van der Waals surface area contributed by atoms with Crippen molar-refractivity contribution in [3.63, 3.8) is 0 Å². The van der Waals surface area contributed by atoms with Gasteiger partial charge in [-0.2, -0.15) is 5.01 Å². The van der Waals surface area contributed by atoms with E-state index in [0.29, 0.717) is 16.9 Å². The molecule has 0 fully saturated rings. The van der Waals surface area contributed by atoms with Crippen molar-refractivity contribution >= 4 is 27.2 Å². The highest BCUT2D eigenvalue weighted by Crippen LogP contribution is 2.27. The van der Waals surface area contributed by atoms with Crippen LogP contribution >= 0.6 is 0 Å². The lowest BCUT2D eigenvalue weighted by Gasteiger charge is -2.16. The van der Waals surface area contributed by atoms with E-state index in [4.69, 9.17) is 5.11 Å². The van der Waals surface area contributed by atoms with Crippen molar-refractivity contribution in [1.82, 2.24) is 0 Å². The molecule has 0 saturated heterocycles. The van der Waals surface area contributed by atoms with Crippen LogP contribution in [0.2, 0.25) is 0 Å². The normalized spacial score (nSPS) is 11.0. The van der Waals surface area contributed by atoms with Gasteiger partial charge in [-0.25, -0.2) is 8.42 Å². The number of sulfone groups is 1. The average molecular weight is 334 g/mol. The van der Waals surface area contributed by atoms with E-state index in [1.807, 2.05) is 0 Å². The third-order valence-electron chi connectivity index (χ3n) is 3.13. The van der Waals surface area contributed by atoms with Crippen LogP contribution in [0.5, 0.6) is 0 Å². The van der Waals surface area contributed by atoms with E-state index in [1.54, 1.807) is 24.3 Å². The Bertz CT molecular complexity index is 814. The summed E-state index contributed by atoms with van der Waals surface area (Å²) in [5.41, 5.74) is 1.44. The van der Waals surface area contributed by atoms with Crippen molar-refractivity contribution in [2.75, 3.05) is 11.3 Å². The van der Waals surface area contributed by atoms with E-state index >= 15 is 0 Å². The molecule has 0 aromatic heterocycles. The Morgan fingerprint density at radius 3 is 1.91 bits per heavy atom. The summed E-state index contributed by atoms with van der Waals surface area (Å²) in [5, 5.41) is 12.8. The summed E-state index contributed by atoms with van der Waals surface area (Å²) in [6, 6.07) is 12.1. The molecule has 7 nitrogen and oxygen atoms in total. The smallest absolute Gasteiger partial charge is 0.307 e. The zero-order valence-electron chi connectivity index (χ0n) is 12.2. The number of benzene rings is 2. The van der Waals surface area contributed by atoms with Crippen molar-refractivity contribution < 1.29 is 18.3 Å². The number of hydrogen-bond acceptors (Lipinski definition) is 5. The first-order valence-electron chi connectivity index (χ1n) is 6.55. The SMILES string of the molecule is CS(=O)(=O)c1ccc(N(N=O)c2ccc(CC(=O)O)cc2)cc1. The fourth-order valence-corrected chi connectivity index (χ4v) is 2.64. The molecule has 23 heavy (non-hydrogen) atoms. The third kappa shape index (κ3) is 4.13. The first-order valence-corrected chi connectivity index (χ1v) is 8.44. The van der Waals surface area contributed by atoms with Crippen LogP contribution in [0.15, 0.2) is 58.7 Å². The van der Waals surface area contributed by atoms with Gasteiger partial charge in [-0.1, -0.05) is 12.1 Å². The Kier molecular flexibility index (Phi) is 4.75. The van der Waals surface area contributed by atoms with Gasteiger partial charge >= 0.3 is 5.97 Å². The fourth-order valence-electron chi connectivity index (χ4n) is 2.01. The van der Waals surface area contributed by atoms with Gasteiger partial charge in [0.05, 0.1) is 28.0 Å². The van der Waals surface area contributed by atoms with Crippen LogP contribution in [-0.4, -0.2) is 25.7 Å². The van der Waals surface area contributed by atoms with Crippen LogP contribution in [-0.2, 0) is 21.1 Å². The number of aliphatic carboxylic acids is 1. The van der Waals surface area contributed by atoms with Crippen molar-refractivity contribution in [3.05, 3.63) is 59.0 Å². The van der Waals surface area contributed by atoms with Gasteiger partial charge in [0.25, 0.3) is 0 Å². The Hall–Kier alpha value is -2.74. The summed E-state index contributed by atoms with van der Waals surface area (Å²) in [6.07, 6.45) is 0.983. The summed E-state index contributed by atoms with van der Waals surface area (Å²) in [7, 11) is -3.32. The number of rotatable bonds is 6. The molecule has 0 heterocycles. The fraction of sp³-hybridized carbons (Fsp3) is 0.133. The quantitative estimate of drug-likeness (QED) is 0.643. The van der Waals surface area contributed by atoms with E-state index in [0.717, 1.165) is 11.3 Å². The topological polar surface area (TPSA) is 104 Å². The summed E-state index contributed by atoms with van der Waals surface area (Å²) in [5.74, 6) is -0.945. The minimum absolute atomic E-state index is 0.113. The highest BCUT2D eigenvalue weighted by molar-refractivity contribution is 7.90. The Balaban J connectivity index is 2.29. The molecule has 0 spiro atoms. The monoisotopic (exact) mass is 334 g/mol. The summed E-state index contributed by atoms with van der Waals surface area (Å²) < 4.78 is 22.9. The predicted molar refractivity (Wildman–Crippen MR) is 85.3 cm³/mol. The number of anilines is 2. The number of nitroso groups, excluding NO2 is 1. The molecule has 0 aliphatic carbocycles. The van der Waals surface area contributed by atoms with Crippen molar-refractivity contribution in [2.45, 2.75) is 11.3 Å². The highest BCUT2D eigenvalue weighted by Gasteiger charge is 2.12. The van der Waals surface area contributed by atoms with Crippen LogP contribution in [0.3, 0.4) is 0 Å². The molecule has 2 aromatic rings. The second-order valence-electron chi connectivity index (χ2n) is 4.90. The van der Waals surface area contributed by atoms with E-state index in [-0.39, 0.29) is 11.3 Å². The van der Waals surface area contributed by atoms with Crippen LogP contribution in [0.25, 0.3) is 0 Å². The maximum Gasteiger partial charge on any atom is 0.307 e. The Labute approximate surface area is 133 Å². The molecule has 120 valence electrons. The Morgan fingerprint density at radius 1 is 1.04 bits per heavy atom. The summed E-state index contributed by atoms with van der Waals surface area (Å²) in [6.45, 7) is 0. The molecule has 2 aromatic carbocycles. The van der Waals surface area contributed by atoms with Gasteiger partial charge in [0.2, 0.25) is 0 Å². The predicted octanol–water partition coefficient (Wildman–Crippen LogP) is 2.54. The molecular formula is C15H14N2O5S. The third-order valence-corrected chi connectivity index (χ3v) is 4.26. The average Bonchev–Trinajstić information content (AvgIpc) is 2.49. The van der Waals surface area contributed by atoms with Gasteiger partial charge in [-0.15, -0.1) is 4.91 Å². The van der Waals surface area contributed by atoms with E-state index < -0.39 is 15.8 Å². The second kappa shape index (κ2) is 6.57. The van der Waals surface area contributed by atoms with E-state index in [2.05, 4.69) is 5.29 Å². The van der Waals surface area contributed by atoms with Crippen LogP contribution in [0.1, 0.15) is 5.56 Å². The molecule has 0 aliphatic heterocycles. The minimum Gasteiger partial charge on any atom is -0.481 e. The second-order valence-corrected chi connectivity index (χ2v) is 6.91. The molecule has 0 saturated carbocycles. The number of hydrogen-bond donors (Lipinski definition) is 1. The number of carboxylic acids is 1. The largest absolute Gasteiger partial charge is 0.481 e. The van der Waals surface area contributed by atoms with Gasteiger partial charge in [0.15, 0.2) is 9.84 Å². The van der Waals surface area contributed by atoms with Gasteiger partial charge in [-0.3, -0.25) is 4.79 Å². The molecule has 1 N–H and O–H groups in total. The van der Waals surface area contributed by atoms with Crippen LogP contribution < -0.4 is 5.01 Å². The molecule has 0 atom stereocenters. The number of nitrogens with zero attached hydrogens (tertiary/aromatic N) is 2. The van der Waals surface area contributed by atoms with Crippen molar-refractivity contribution in [2.24, 2.45) is 5.29 Å². The van der Waals surface area contributed by atoms with Gasteiger partial charge < -0.3 is 5.11 Å². The maximum absolute atomic E-state index is 11.4. The molecule has 2 rings (SSSR count).